The molecule has 4 aliphatic rings. The molecule has 3 aliphatic heterocycles. The quantitative estimate of drug-likeness (QED) is 0.582. The molecule has 0 bridgehead atoms. The number of methoxy groups -OCH3 is 1. The van der Waals surface area contributed by atoms with E-state index in [0.717, 1.165) is 25.1 Å². The molecule has 39 heavy (non-hydrogen) atoms. The van der Waals surface area contributed by atoms with Gasteiger partial charge >= 0.3 is 12.2 Å². The Balaban J connectivity index is 1.37. The summed E-state index contributed by atoms with van der Waals surface area (Å²) in [5, 5.41) is 6.65. The molecule has 4 heterocycles. The van der Waals surface area contributed by atoms with Gasteiger partial charge in [-0.1, -0.05) is 0 Å². The number of likely N-dealkylation sites (tertiary alicyclic amines) is 1. The Morgan fingerprint density at radius 1 is 1.28 bits per heavy atom. The molecule has 1 saturated carbocycles. The number of urea groups is 1. The lowest BCUT2D eigenvalue weighted by Crippen LogP contribution is -2.53. The molecule has 1 aromatic heterocycles. The summed E-state index contributed by atoms with van der Waals surface area (Å²) in [5.74, 6) is -0.141. The maximum Gasteiger partial charge on any atom is 0.417 e. The molecule has 2 saturated heterocycles. The number of hydrogen-bond acceptors (Lipinski definition) is 6. The third kappa shape index (κ3) is 5.60. The molecule has 0 radical (unpaired) electrons. The van der Waals surface area contributed by atoms with E-state index in [1.54, 1.807) is 16.9 Å². The van der Waals surface area contributed by atoms with E-state index in [2.05, 4.69) is 15.6 Å². The summed E-state index contributed by atoms with van der Waals surface area (Å²) in [7, 11) is 1.67. The zero-order valence-corrected chi connectivity index (χ0v) is 22.7. The smallest absolute Gasteiger partial charge is 0.379 e. The van der Waals surface area contributed by atoms with Crippen LogP contribution in [-0.4, -0.2) is 90.9 Å². The minimum absolute atomic E-state index is 0.0348. The second kappa shape index (κ2) is 10.9. The summed E-state index contributed by atoms with van der Waals surface area (Å²) < 4.78 is 51.2. The predicted octanol–water partition coefficient (Wildman–Crippen LogP) is 2.58. The first-order chi connectivity index (χ1) is 18.5. The first-order valence-corrected chi connectivity index (χ1v) is 13.8. The predicted molar refractivity (Wildman–Crippen MR) is 136 cm³/mol. The molecule has 2 N–H and O–H groups in total. The van der Waals surface area contributed by atoms with Gasteiger partial charge in [0.15, 0.2) is 0 Å². The fourth-order valence-electron chi connectivity index (χ4n) is 6.83. The highest BCUT2D eigenvalue weighted by molar-refractivity contribution is 5.86. The van der Waals surface area contributed by atoms with Crippen LogP contribution in [0.1, 0.15) is 49.9 Å². The molecule has 0 aromatic carbocycles. The second-order valence-electron chi connectivity index (χ2n) is 11.7. The molecule has 3 fully saturated rings. The van der Waals surface area contributed by atoms with Crippen molar-refractivity contribution in [3.05, 3.63) is 29.1 Å². The lowest BCUT2D eigenvalue weighted by molar-refractivity contribution is -0.143. The van der Waals surface area contributed by atoms with Gasteiger partial charge in [-0.15, -0.1) is 0 Å². The highest BCUT2D eigenvalue weighted by Crippen LogP contribution is 2.50. The topological polar surface area (TPSA) is 96.0 Å². The van der Waals surface area contributed by atoms with Gasteiger partial charge < -0.3 is 29.9 Å². The largest absolute Gasteiger partial charge is 0.417 e. The van der Waals surface area contributed by atoms with Crippen LogP contribution in [-0.2, 0) is 33.4 Å². The van der Waals surface area contributed by atoms with Crippen molar-refractivity contribution in [2.45, 2.75) is 76.5 Å². The highest BCUT2D eigenvalue weighted by atomic mass is 19.4. The molecule has 1 aliphatic carbocycles. The number of halogens is 3. The number of carbonyl (C=O) groups excluding carboxylic acids is 2. The van der Waals surface area contributed by atoms with Crippen LogP contribution < -0.4 is 10.6 Å². The van der Waals surface area contributed by atoms with Crippen molar-refractivity contribution < 1.29 is 32.2 Å². The molecular formula is C27H38F3N5O4. The third-order valence-corrected chi connectivity index (χ3v) is 8.71. The van der Waals surface area contributed by atoms with E-state index >= 15 is 0 Å². The van der Waals surface area contributed by atoms with Crippen molar-refractivity contribution >= 4 is 11.9 Å². The molecule has 5 atom stereocenters. The first-order valence-electron chi connectivity index (χ1n) is 13.8. The Kier molecular flexibility index (Phi) is 7.82. The Morgan fingerprint density at radius 2 is 2.08 bits per heavy atom. The summed E-state index contributed by atoms with van der Waals surface area (Å²) in [5.41, 5.74) is -0.575. The van der Waals surface area contributed by atoms with Crippen LogP contribution in [0.15, 0.2) is 12.3 Å². The van der Waals surface area contributed by atoms with E-state index in [9.17, 15) is 22.8 Å². The number of nitrogens with one attached hydrogen (secondary N) is 2. The zero-order valence-electron chi connectivity index (χ0n) is 22.7. The minimum Gasteiger partial charge on any atom is -0.379 e. The van der Waals surface area contributed by atoms with Crippen LogP contribution in [0.5, 0.6) is 0 Å². The van der Waals surface area contributed by atoms with Gasteiger partial charge in [-0.25, -0.2) is 4.79 Å². The van der Waals surface area contributed by atoms with Crippen molar-refractivity contribution in [2.24, 2.45) is 11.3 Å². The van der Waals surface area contributed by atoms with E-state index in [1.165, 1.54) is 0 Å². The number of carbonyl (C=O) groups is 2. The Hall–Kier alpha value is -2.44. The number of fused-ring (bicyclic) bond motifs is 2. The summed E-state index contributed by atoms with van der Waals surface area (Å²) in [6.45, 7) is 6.17. The van der Waals surface area contributed by atoms with Gasteiger partial charge in [-0.3, -0.25) is 9.78 Å². The normalized spacial score (nSPS) is 30.8. The molecule has 2 unspecified atom stereocenters. The lowest BCUT2D eigenvalue weighted by atomic mass is 9.78. The Bertz CT molecular complexity index is 1090. The molecule has 9 nitrogen and oxygen atoms in total. The van der Waals surface area contributed by atoms with E-state index in [4.69, 9.17) is 9.47 Å². The minimum atomic E-state index is -4.50. The number of alkyl halides is 3. The SMILES string of the molecule is COC1COCCC1N[C@@H]1C[C@H]2CN(C(=O)NC(C)C)C[C@@]2(C(=O)N2CCc3ncc(C(F)(F)F)cc3C2)C1. The standard InChI is InChI=1S/C27H38F3N5O4/c1-16(2)32-25(37)35-13-19-9-20(33-22-5-7-39-14-23(22)38-3)10-26(19,15-35)24(36)34-6-4-21-17(12-34)8-18(11-31-21)27(28,29)30/h8,11,16,19-20,22-23,33H,4-7,9-10,12-15H2,1-3H3,(H,32,37)/t19-,20+,22?,23?,26-/m0/s1. The fourth-order valence-corrected chi connectivity index (χ4v) is 6.83. The first kappa shape index (κ1) is 28.1. The zero-order chi connectivity index (χ0) is 27.9. The van der Waals surface area contributed by atoms with Gasteiger partial charge in [0.2, 0.25) is 5.91 Å². The fraction of sp³-hybridized carbons (Fsp3) is 0.741. The number of amides is 3. The highest BCUT2D eigenvalue weighted by Gasteiger charge is 2.60. The average Bonchev–Trinajstić information content (AvgIpc) is 3.42. The Morgan fingerprint density at radius 3 is 2.79 bits per heavy atom. The number of ether oxygens (including phenoxy) is 2. The van der Waals surface area contributed by atoms with Gasteiger partial charge in [0.1, 0.15) is 0 Å². The van der Waals surface area contributed by atoms with Gasteiger partial charge in [0, 0.05) is 76.3 Å². The lowest BCUT2D eigenvalue weighted by Gasteiger charge is -2.37. The van der Waals surface area contributed by atoms with Gasteiger partial charge in [-0.2, -0.15) is 13.2 Å². The van der Waals surface area contributed by atoms with Crippen LogP contribution >= 0.6 is 0 Å². The summed E-state index contributed by atoms with van der Waals surface area (Å²) in [6, 6.07) is 1.05. The molecule has 1 aromatic rings. The van der Waals surface area contributed by atoms with Gasteiger partial charge in [-0.05, 0) is 50.7 Å². The monoisotopic (exact) mass is 553 g/mol. The Labute approximate surface area is 226 Å². The van der Waals surface area contributed by atoms with Crippen LogP contribution in [0.3, 0.4) is 0 Å². The molecule has 3 amide bonds. The molecular weight excluding hydrogens is 515 g/mol. The van der Waals surface area contributed by atoms with Crippen molar-refractivity contribution in [1.82, 2.24) is 25.4 Å². The van der Waals surface area contributed by atoms with E-state index in [0.29, 0.717) is 56.9 Å². The molecule has 5 rings (SSSR count). The van der Waals surface area contributed by atoms with Crippen molar-refractivity contribution in [3.8, 4) is 0 Å². The molecule has 12 heteroatoms. The van der Waals surface area contributed by atoms with Crippen molar-refractivity contribution in [1.29, 1.82) is 0 Å². The van der Waals surface area contributed by atoms with Crippen molar-refractivity contribution in [2.75, 3.05) is 40.0 Å². The van der Waals surface area contributed by atoms with E-state index in [-0.39, 0.29) is 48.6 Å². The molecule has 216 valence electrons. The number of pyridine rings is 1. The van der Waals surface area contributed by atoms with Crippen molar-refractivity contribution in [3.63, 3.8) is 0 Å². The summed E-state index contributed by atoms with van der Waals surface area (Å²) in [4.78, 5) is 34.7. The number of nitrogens with zero attached hydrogens (tertiary/aromatic N) is 3. The van der Waals surface area contributed by atoms with E-state index in [1.807, 2.05) is 13.8 Å². The number of hydrogen-bond donors (Lipinski definition) is 2. The maximum atomic E-state index is 14.3. The average molecular weight is 554 g/mol. The summed E-state index contributed by atoms with van der Waals surface area (Å²) in [6.07, 6.45) is -1.22. The van der Waals surface area contributed by atoms with Crippen LogP contribution in [0.25, 0.3) is 0 Å². The number of rotatable bonds is 5. The second-order valence-corrected chi connectivity index (χ2v) is 11.7. The van der Waals surface area contributed by atoms with E-state index < -0.39 is 17.2 Å². The van der Waals surface area contributed by atoms with Gasteiger partial charge in [0.25, 0.3) is 0 Å². The third-order valence-electron chi connectivity index (χ3n) is 8.71. The van der Waals surface area contributed by atoms with Gasteiger partial charge in [0.05, 0.1) is 23.7 Å². The van der Waals surface area contributed by atoms with Crippen LogP contribution in [0, 0.1) is 11.3 Å². The van der Waals surface area contributed by atoms with Crippen LogP contribution in [0.2, 0.25) is 0 Å². The molecule has 0 spiro atoms. The summed E-state index contributed by atoms with van der Waals surface area (Å²) >= 11 is 0. The maximum absolute atomic E-state index is 14.3. The number of aromatic nitrogens is 1. The van der Waals surface area contributed by atoms with Crippen LogP contribution in [0.4, 0.5) is 18.0 Å².